The zero-order chi connectivity index (χ0) is 22.0. The number of amides is 3. The lowest BCUT2D eigenvalue weighted by Gasteiger charge is -2.41. The predicted octanol–water partition coefficient (Wildman–Crippen LogP) is 2.76. The fraction of sp³-hybridized carbons (Fsp3) is 0.348. The zero-order valence-corrected chi connectivity index (χ0v) is 18.4. The molecule has 2 aromatic rings. The van der Waals surface area contributed by atoms with E-state index in [-0.39, 0.29) is 18.5 Å². The van der Waals surface area contributed by atoms with Gasteiger partial charge >= 0.3 is 6.03 Å². The summed E-state index contributed by atoms with van der Waals surface area (Å²) in [6, 6.07) is 18.5. The number of imide groups is 1. The number of fused-ring (bicyclic) bond motifs is 1. The normalized spacial score (nSPS) is 21.9. The van der Waals surface area contributed by atoms with Crippen molar-refractivity contribution in [2.75, 3.05) is 12.8 Å². The van der Waals surface area contributed by atoms with Gasteiger partial charge in [0.1, 0.15) is 0 Å². The Morgan fingerprint density at radius 1 is 1.00 bits per heavy atom. The topological polar surface area (TPSA) is 76.4 Å². The van der Waals surface area contributed by atoms with E-state index < -0.39 is 18.3 Å². The average Bonchev–Trinajstić information content (AvgIpc) is 3.13. The second-order valence-corrected chi connectivity index (χ2v) is 8.83. The quantitative estimate of drug-likeness (QED) is 0.751. The highest BCUT2D eigenvalue weighted by atomic mass is 32.2. The van der Waals surface area contributed by atoms with Crippen LogP contribution in [0.5, 0.6) is 0 Å². The van der Waals surface area contributed by atoms with E-state index in [1.54, 1.807) is 18.9 Å². The monoisotopic (exact) mass is 438 g/mol. The Labute approximate surface area is 186 Å². The summed E-state index contributed by atoms with van der Waals surface area (Å²) >= 11 is 1.41. The molecule has 3 amide bonds. The second-order valence-electron chi connectivity index (χ2n) is 7.85. The number of likely N-dealkylation sites (N-methyl/N-ethyl adjacent to an activating group) is 1. The summed E-state index contributed by atoms with van der Waals surface area (Å²) in [5.74, 6) is 0.215. The molecule has 2 aromatic carbocycles. The molecule has 0 saturated carbocycles. The van der Waals surface area contributed by atoms with Gasteiger partial charge in [0.15, 0.2) is 17.4 Å². The van der Waals surface area contributed by atoms with E-state index in [2.05, 4.69) is 0 Å². The molecule has 3 atom stereocenters. The summed E-state index contributed by atoms with van der Waals surface area (Å²) in [5.41, 5.74) is 1.95. The lowest BCUT2D eigenvalue weighted by molar-refractivity contribution is -0.138. The van der Waals surface area contributed by atoms with Crippen LogP contribution in [-0.4, -0.2) is 68.0 Å². The minimum Gasteiger partial charge on any atom is -0.393 e. The molecule has 8 heteroatoms. The van der Waals surface area contributed by atoms with Crippen molar-refractivity contribution in [3.8, 4) is 0 Å². The average molecular weight is 439 g/mol. The van der Waals surface area contributed by atoms with E-state index in [1.165, 1.54) is 16.7 Å². The molecule has 0 bridgehead atoms. The van der Waals surface area contributed by atoms with E-state index in [9.17, 15) is 14.7 Å². The first-order valence-electron chi connectivity index (χ1n) is 10.3. The molecule has 1 saturated heterocycles. The van der Waals surface area contributed by atoms with E-state index in [1.807, 2.05) is 65.6 Å². The standard InChI is InChI=1S/C23H26N4O3S/c1-16(28)15-31-22-24-20-19(26(22)13-17-9-5-3-6-10-17)21(29)27(23(30)25(20)2)14-18-11-7-4-8-12-18/h3-12,16,19-20,28H,13-15H2,1-2H3. The Morgan fingerprint density at radius 3 is 2.16 bits per heavy atom. The lowest BCUT2D eigenvalue weighted by atomic mass is 10.1. The molecule has 1 N–H and O–H groups in total. The molecule has 4 rings (SSSR count). The molecule has 0 radical (unpaired) electrons. The highest BCUT2D eigenvalue weighted by Crippen LogP contribution is 2.33. The third-order valence-corrected chi connectivity index (χ3v) is 6.64. The van der Waals surface area contributed by atoms with Gasteiger partial charge in [-0.3, -0.25) is 9.69 Å². The van der Waals surface area contributed by atoms with Crippen molar-refractivity contribution in [3.05, 3.63) is 71.8 Å². The molecule has 0 aromatic heterocycles. The van der Waals surface area contributed by atoms with Crippen LogP contribution < -0.4 is 0 Å². The molecule has 162 valence electrons. The van der Waals surface area contributed by atoms with Gasteiger partial charge in [-0.15, -0.1) is 0 Å². The Bertz CT molecular complexity index is 967. The molecule has 1 fully saturated rings. The van der Waals surface area contributed by atoms with Crippen LogP contribution in [0.4, 0.5) is 4.79 Å². The first-order chi connectivity index (χ1) is 15.0. The smallest absolute Gasteiger partial charge is 0.328 e. The summed E-state index contributed by atoms with van der Waals surface area (Å²) in [4.78, 5) is 36.1. The molecule has 2 heterocycles. The van der Waals surface area contributed by atoms with Gasteiger partial charge in [-0.1, -0.05) is 72.4 Å². The van der Waals surface area contributed by atoms with Gasteiger partial charge < -0.3 is 14.9 Å². The van der Waals surface area contributed by atoms with Gasteiger partial charge in [0.25, 0.3) is 5.91 Å². The number of aliphatic hydroxyl groups is 1. The van der Waals surface area contributed by atoms with Crippen molar-refractivity contribution in [1.82, 2.24) is 14.7 Å². The van der Waals surface area contributed by atoms with Gasteiger partial charge in [0, 0.05) is 19.3 Å². The minimum absolute atomic E-state index is 0.224. The number of benzene rings is 2. The van der Waals surface area contributed by atoms with Gasteiger partial charge in [0.2, 0.25) is 0 Å². The van der Waals surface area contributed by atoms with Crippen LogP contribution in [0.15, 0.2) is 65.7 Å². The summed E-state index contributed by atoms with van der Waals surface area (Å²) < 4.78 is 0. The first-order valence-corrected chi connectivity index (χ1v) is 11.3. The summed E-state index contributed by atoms with van der Waals surface area (Å²) in [7, 11) is 1.69. The van der Waals surface area contributed by atoms with Crippen molar-refractivity contribution in [2.24, 2.45) is 4.99 Å². The van der Waals surface area contributed by atoms with Crippen LogP contribution in [0.25, 0.3) is 0 Å². The molecule has 0 aliphatic carbocycles. The minimum atomic E-state index is -0.594. The fourth-order valence-electron chi connectivity index (χ4n) is 3.83. The molecule has 7 nitrogen and oxygen atoms in total. The number of amidine groups is 1. The van der Waals surface area contributed by atoms with Crippen molar-refractivity contribution in [1.29, 1.82) is 0 Å². The molecule has 3 unspecified atom stereocenters. The lowest BCUT2D eigenvalue weighted by Crippen LogP contribution is -2.64. The number of carbonyl (C=O) groups excluding carboxylic acids is 2. The number of nitrogens with zero attached hydrogens (tertiary/aromatic N) is 4. The Hall–Kier alpha value is -2.84. The van der Waals surface area contributed by atoms with Crippen molar-refractivity contribution in [2.45, 2.75) is 38.3 Å². The first kappa shape index (κ1) is 21.4. The number of hydrogen-bond donors (Lipinski definition) is 1. The molecule has 0 spiro atoms. The number of thioether (sulfide) groups is 1. The van der Waals surface area contributed by atoms with Crippen LogP contribution in [0.2, 0.25) is 0 Å². The zero-order valence-electron chi connectivity index (χ0n) is 17.6. The van der Waals surface area contributed by atoms with Gasteiger partial charge in [0.05, 0.1) is 12.6 Å². The summed E-state index contributed by atoms with van der Waals surface area (Å²) in [6.07, 6.45) is -1.08. The third-order valence-electron chi connectivity index (χ3n) is 5.39. The van der Waals surface area contributed by atoms with Crippen LogP contribution in [-0.2, 0) is 17.9 Å². The molecule has 31 heavy (non-hydrogen) atoms. The van der Waals surface area contributed by atoms with Crippen LogP contribution >= 0.6 is 11.8 Å². The summed E-state index contributed by atoms with van der Waals surface area (Å²) in [6.45, 7) is 2.45. The molecule has 2 aliphatic heterocycles. The number of aliphatic imine (C=N–C) groups is 1. The van der Waals surface area contributed by atoms with Crippen molar-refractivity contribution in [3.63, 3.8) is 0 Å². The maximum atomic E-state index is 13.6. The van der Waals surface area contributed by atoms with Gasteiger partial charge in [-0.05, 0) is 18.1 Å². The predicted molar refractivity (Wildman–Crippen MR) is 121 cm³/mol. The van der Waals surface area contributed by atoms with Crippen LogP contribution in [0, 0.1) is 0 Å². The third kappa shape index (κ3) is 4.45. The van der Waals surface area contributed by atoms with E-state index in [4.69, 9.17) is 4.99 Å². The molecular formula is C23H26N4O3S. The number of rotatable bonds is 6. The van der Waals surface area contributed by atoms with Crippen LogP contribution in [0.1, 0.15) is 18.1 Å². The fourth-order valence-corrected chi connectivity index (χ4v) is 4.74. The highest BCUT2D eigenvalue weighted by Gasteiger charge is 2.52. The maximum Gasteiger partial charge on any atom is 0.328 e. The van der Waals surface area contributed by atoms with E-state index >= 15 is 0 Å². The Kier molecular flexibility index (Phi) is 6.29. The van der Waals surface area contributed by atoms with E-state index in [0.29, 0.717) is 17.5 Å². The number of hydrogen-bond acceptors (Lipinski definition) is 6. The van der Waals surface area contributed by atoms with Crippen molar-refractivity contribution >= 4 is 28.9 Å². The van der Waals surface area contributed by atoms with Gasteiger partial charge in [-0.25, -0.2) is 9.79 Å². The molecule has 2 aliphatic rings. The van der Waals surface area contributed by atoms with Crippen LogP contribution in [0.3, 0.4) is 0 Å². The molecular weight excluding hydrogens is 412 g/mol. The maximum absolute atomic E-state index is 13.6. The van der Waals surface area contributed by atoms with E-state index in [0.717, 1.165) is 11.1 Å². The Morgan fingerprint density at radius 2 is 1.58 bits per heavy atom. The Balaban J connectivity index is 1.64. The largest absolute Gasteiger partial charge is 0.393 e. The summed E-state index contributed by atoms with van der Waals surface area (Å²) in [5, 5.41) is 10.4. The number of carbonyl (C=O) groups is 2. The second kappa shape index (κ2) is 9.11. The van der Waals surface area contributed by atoms with Gasteiger partial charge in [-0.2, -0.15) is 0 Å². The SMILES string of the molecule is CC(O)CSC1=NC2C(C(=O)N(Cc3ccccc3)C(=O)N2C)N1Cc1ccccc1. The van der Waals surface area contributed by atoms with Crippen molar-refractivity contribution < 1.29 is 14.7 Å². The number of aliphatic hydroxyl groups excluding tert-OH is 1. The highest BCUT2D eigenvalue weighted by molar-refractivity contribution is 8.13. The number of urea groups is 1.